The molecule has 1 unspecified atom stereocenters. The molecule has 1 aromatic heterocycles. The molecule has 8 heteroatoms. The fourth-order valence-corrected chi connectivity index (χ4v) is 3.77. The van der Waals surface area contributed by atoms with Gasteiger partial charge in [-0.1, -0.05) is 12.1 Å². The van der Waals surface area contributed by atoms with E-state index in [0.29, 0.717) is 24.6 Å². The maximum Gasteiger partial charge on any atom is 0.322 e. The van der Waals surface area contributed by atoms with Gasteiger partial charge in [0.25, 0.3) is 0 Å². The van der Waals surface area contributed by atoms with E-state index >= 15 is 0 Å². The van der Waals surface area contributed by atoms with Gasteiger partial charge in [0.05, 0.1) is 20.3 Å². The number of hydrogen-bond donors (Lipinski definition) is 1. The van der Waals surface area contributed by atoms with Crippen LogP contribution in [0, 0.1) is 11.6 Å². The van der Waals surface area contributed by atoms with Crippen LogP contribution >= 0.6 is 0 Å². The number of rotatable bonds is 4. The average Bonchev–Trinajstić information content (AvgIpc) is 3.24. The monoisotopic (exact) mass is 413 g/mol. The zero-order chi connectivity index (χ0) is 21.3. The van der Waals surface area contributed by atoms with Crippen LogP contribution in [0.3, 0.4) is 0 Å². The Labute approximate surface area is 172 Å². The zero-order valence-electron chi connectivity index (χ0n) is 16.6. The number of nitrogens with one attached hydrogen (secondary N) is 1. The lowest BCUT2D eigenvalue weighted by molar-refractivity contribution is 0.181. The molecule has 156 valence electrons. The molecule has 0 aliphatic carbocycles. The Kier molecular flexibility index (Phi) is 5.31. The van der Waals surface area contributed by atoms with Crippen molar-refractivity contribution >= 4 is 11.7 Å². The van der Waals surface area contributed by atoms with Crippen molar-refractivity contribution < 1.29 is 23.0 Å². The highest BCUT2D eigenvalue weighted by atomic mass is 19.1. The first-order chi connectivity index (χ1) is 14.5. The molecule has 0 saturated heterocycles. The Morgan fingerprint density at radius 3 is 2.43 bits per heavy atom. The number of nitrogens with zero attached hydrogens (tertiary/aromatic N) is 2. The second-order valence-corrected chi connectivity index (χ2v) is 6.86. The molecule has 1 aliphatic heterocycles. The predicted molar refractivity (Wildman–Crippen MR) is 108 cm³/mol. The highest BCUT2D eigenvalue weighted by Gasteiger charge is 2.33. The second kappa shape index (κ2) is 8.06. The molecule has 30 heavy (non-hydrogen) atoms. The largest absolute Gasteiger partial charge is 0.493 e. The average molecular weight is 413 g/mol. The molecule has 3 aromatic rings. The number of anilines is 1. The van der Waals surface area contributed by atoms with E-state index in [0.717, 1.165) is 23.4 Å². The third-order valence-electron chi connectivity index (χ3n) is 5.22. The quantitative estimate of drug-likeness (QED) is 0.689. The Morgan fingerprint density at radius 2 is 1.73 bits per heavy atom. The summed E-state index contributed by atoms with van der Waals surface area (Å²) in [5, 5.41) is 2.39. The normalized spacial score (nSPS) is 15.5. The van der Waals surface area contributed by atoms with Crippen molar-refractivity contribution in [2.24, 2.45) is 0 Å². The van der Waals surface area contributed by atoms with Gasteiger partial charge in [0, 0.05) is 25.0 Å². The van der Waals surface area contributed by atoms with Crippen molar-refractivity contribution in [1.82, 2.24) is 9.47 Å². The van der Waals surface area contributed by atoms with E-state index in [4.69, 9.17) is 9.47 Å². The Bertz CT molecular complexity index is 1060. The van der Waals surface area contributed by atoms with E-state index in [1.807, 2.05) is 24.4 Å². The number of halogens is 2. The zero-order valence-corrected chi connectivity index (χ0v) is 16.6. The minimum Gasteiger partial charge on any atom is -0.493 e. The van der Waals surface area contributed by atoms with Gasteiger partial charge < -0.3 is 24.3 Å². The number of para-hydroxylation sites is 1. The Hall–Kier alpha value is -3.55. The fourth-order valence-electron chi connectivity index (χ4n) is 3.77. The van der Waals surface area contributed by atoms with Gasteiger partial charge in [-0.15, -0.1) is 0 Å². The molecular weight excluding hydrogens is 392 g/mol. The molecule has 2 aromatic carbocycles. The van der Waals surface area contributed by atoms with Crippen molar-refractivity contribution in [2.75, 3.05) is 26.1 Å². The summed E-state index contributed by atoms with van der Waals surface area (Å²) in [5.41, 5.74) is 1.21. The second-order valence-electron chi connectivity index (χ2n) is 6.86. The van der Waals surface area contributed by atoms with Crippen LogP contribution in [0.1, 0.15) is 17.3 Å². The van der Waals surface area contributed by atoms with Crippen LogP contribution < -0.4 is 14.8 Å². The summed E-state index contributed by atoms with van der Waals surface area (Å²) in [5.74, 6) is -0.561. The van der Waals surface area contributed by atoms with E-state index in [9.17, 15) is 13.6 Å². The topological polar surface area (TPSA) is 55.7 Å². The first-order valence-corrected chi connectivity index (χ1v) is 9.42. The highest BCUT2D eigenvalue weighted by molar-refractivity contribution is 5.90. The van der Waals surface area contributed by atoms with E-state index in [1.54, 1.807) is 24.1 Å². The Balaban J connectivity index is 1.73. The van der Waals surface area contributed by atoms with Crippen LogP contribution in [0.25, 0.3) is 0 Å². The molecule has 0 spiro atoms. The number of methoxy groups -OCH3 is 2. The lowest BCUT2D eigenvalue weighted by Crippen LogP contribution is -2.44. The molecule has 0 radical (unpaired) electrons. The third kappa shape index (κ3) is 3.45. The van der Waals surface area contributed by atoms with Crippen LogP contribution in [0.2, 0.25) is 0 Å². The number of urea groups is 1. The van der Waals surface area contributed by atoms with Crippen LogP contribution in [0.4, 0.5) is 19.3 Å². The van der Waals surface area contributed by atoms with E-state index < -0.39 is 29.4 Å². The molecule has 1 aliphatic rings. The maximum absolute atomic E-state index is 14.1. The van der Waals surface area contributed by atoms with Crippen molar-refractivity contribution in [3.05, 3.63) is 77.6 Å². The van der Waals surface area contributed by atoms with E-state index in [-0.39, 0.29) is 0 Å². The number of aromatic nitrogens is 1. The Morgan fingerprint density at radius 1 is 1.00 bits per heavy atom. The van der Waals surface area contributed by atoms with Crippen LogP contribution in [0.15, 0.2) is 54.7 Å². The van der Waals surface area contributed by atoms with Crippen LogP contribution in [-0.4, -0.2) is 36.3 Å². The molecule has 1 N–H and O–H groups in total. The molecule has 2 heterocycles. The summed E-state index contributed by atoms with van der Waals surface area (Å²) in [4.78, 5) is 14.6. The smallest absolute Gasteiger partial charge is 0.322 e. The van der Waals surface area contributed by atoms with Gasteiger partial charge in [-0.2, -0.15) is 0 Å². The van der Waals surface area contributed by atoms with Crippen molar-refractivity contribution in [1.29, 1.82) is 0 Å². The van der Waals surface area contributed by atoms with Crippen molar-refractivity contribution in [3.8, 4) is 11.5 Å². The number of amides is 2. The van der Waals surface area contributed by atoms with E-state index in [2.05, 4.69) is 9.88 Å². The maximum atomic E-state index is 14.1. The van der Waals surface area contributed by atoms with Gasteiger partial charge in [-0.3, -0.25) is 0 Å². The molecule has 2 amide bonds. The first kappa shape index (κ1) is 19.8. The summed E-state index contributed by atoms with van der Waals surface area (Å²) in [6.07, 6.45) is 1.94. The van der Waals surface area contributed by atoms with E-state index in [1.165, 1.54) is 13.2 Å². The van der Waals surface area contributed by atoms with Gasteiger partial charge in [0.1, 0.15) is 17.3 Å². The summed E-state index contributed by atoms with van der Waals surface area (Å²) in [7, 11) is 3.09. The number of benzene rings is 2. The van der Waals surface area contributed by atoms with Crippen molar-refractivity contribution in [3.63, 3.8) is 0 Å². The minimum absolute atomic E-state index is 0.364. The van der Waals surface area contributed by atoms with Gasteiger partial charge in [-0.05, 0) is 42.0 Å². The summed E-state index contributed by atoms with van der Waals surface area (Å²) >= 11 is 0. The number of carbonyl (C=O) groups excluding carboxylic acids is 1. The molecule has 0 bridgehead atoms. The lowest BCUT2D eigenvalue weighted by Gasteiger charge is -2.37. The first-order valence-electron chi connectivity index (χ1n) is 9.42. The van der Waals surface area contributed by atoms with Crippen LogP contribution in [0.5, 0.6) is 11.5 Å². The number of fused-ring (bicyclic) bond motifs is 1. The third-order valence-corrected chi connectivity index (χ3v) is 5.22. The summed E-state index contributed by atoms with van der Waals surface area (Å²) < 4.78 is 40.9. The van der Waals surface area contributed by atoms with Gasteiger partial charge in [0.2, 0.25) is 0 Å². The number of hydrogen-bond acceptors (Lipinski definition) is 3. The molecule has 6 nitrogen and oxygen atoms in total. The molecule has 4 rings (SSSR count). The SMILES string of the molecule is COc1ccc(C2c3cccn3CCN2C(=O)Nc2c(F)cccc2F)cc1OC. The number of ether oxygens (including phenoxy) is 2. The van der Waals surface area contributed by atoms with Crippen molar-refractivity contribution in [2.45, 2.75) is 12.6 Å². The standard InChI is InChI=1S/C22H21F2N3O3/c1-29-18-9-8-14(13-19(18)30-2)21-17-7-4-10-26(17)11-12-27(21)22(28)25-20-15(23)5-3-6-16(20)24/h3-10,13,21H,11-12H2,1-2H3,(H,25,28). The highest BCUT2D eigenvalue weighted by Crippen LogP contribution is 2.37. The summed E-state index contributed by atoms with van der Waals surface area (Å²) in [6, 6.07) is 11.6. The minimum atomic E-state index is -0.827. The van der Waals surface area contributed by atoms with Gasteiger partial charge in [0.15, 0.2) is 11.5 Å². The predicted octanol–water partition coefficient (Wildman–Crippen LogP) is 4.42. The van der Waals surface area contributed by atoms with Gasteiger partial charge >= 0.3 is 6.03 Å². The molecule has 0 fully saturated rings. The lowest BCUT2D eigenvalue weighted by atomic mass is 9.99. The summed E-state index contributed by atoms with van der Waals surface area (Å²) in [6.45, 7) is 0.932. The molecule has 1 atom stereocenters. The van der Waals surface area contributed by atoms with Crippen LogP contribution in [-0.2, 0) is 6.54 Å². The fraction of sp³-hybridized carbons (Fsp3) is 0.227. The van der Waals surface area contributed by atoms with Gasteiger partial charge in [-0.25, -0.2) is 13.6 Å². The molecular formula is C22H21F2N3O3. The number of carbonyl (C=O) groups is 1. The molecule has 0 saturated carbocycles.